The van der Waals surface area contributed by atoms with Gasteiger partial charge in [-0.2, -0.15) is 13.2 Å². The highest BCUT2D eigenvalue weighted by Gasteiger charge is 2.37. The van der Waals surface area contributed by atoms with Crippen LogP contribution >= 0.6 is 23.2 Å². The second-order valence-corrected chi connectivity index (χ2v) is 10.1. The third-order valence-electron chi connectivity index (χ3n) is 7.08. The van der Waals surface area contributed by atoms with Crippen LogP contribution in [0.3, 0.4) is 0 Å². The molecule has 1 saturated carbocycles. The molecule has 0 radical (unpaired) electrons. The Morgan fingerprint density at radius 3 is 2.44 bits per heavy atom. The van der Waals surface area contributed by atoms with Crippen LogP contribution in [0, 0.1) is 11.7 Å². The number of nitrogens with zero attached hydrogens (tertiary/aromatic N) is 2. The number of hydrogen-bond donors (Lipinski definition) is 0. The van der Waals surface area contributed by atoms with Crippen LogP contribution < -0.4 is 0 Å². The Labute approximate surface area is 217 Å². The van der Waals surface area contributed by atoms with Gasteiger partial charge in [-0.1, -0.05) is 55.5 Å². The molecule has 3 aromatic rings. The largest absolute Gasteiger partial charge is 0.419 e. The zero-order valence-electron chi connectivity index (χ0n) is 19.7. The molecule has 1 fully saturated rings. The van der Waals surface area contributed by atoms with Crippen LogP contribution in [0.25, 0.3) is 0 Å². The van der Waals surface area contributed by atoms with Crippen molar-refractivity contribution in [2.75, 3.05) is 0 Å². The van der Waals surface area contributed by atoms with Crippen molar-refractivity contribution in [2.45, 2.75) is 63.6 Å². The molecular weight excluding hydrogens is 515 g/mol. The third-order valence-corrected chi connectivity index (χ3v) is 7.82. The van der Waals surface area contributed by atoms with Crippen LogP contribution in [0.15, 0.2) is 48.8 Å². The zero-order chi connectivity index (χ0) is 26.0. The van der Waals surface area contributed by atoms with Gasteiger partial charge in [0.1, 0.15) is 5.82 Å². The van der Waals surface area contributed by atoms with Gasteiger partial charge in [0.15, 0.2) is 5.82 Å². The molecule has 2 aromatic carbocycles. The summed E-state index contributed by atoms with van der Waals surface area (Å²) in [6.07, 6.45) is 4.19. The number of carbonyl (C=O) groups excluding carboxylic acids is 1. The van der Waals surface area contributed by atoms with Gasteiger partial charge in [-0.05, 0) is 61.1 Å². The van der Waals surface area contributed by atoms with Crippen molar-refractivity contribution < 1.29 is 22.4 Å². The fourth-order valence-corrected chi connectivity index (χ4v) is 5.69. The molecule has 36 heavy (non-hydrogen) atoms. The minimum absolute atomic E-state index is 0.0313. The van der Waals surface area contributed by atoms with E-state index in [0.29, 0.717) is 22.2 Å². The van der Waals surface area contributed by atoms with E-state index in [1.807, 2.05) is 12.1 Å². The molecule has 0 saturated heterocycles. The highest BCUT2D eigenvalue weighted by molar-refractivity contribution is 6.42. The summed E-state index contributed by atoms with van der Waals surface area (Å²) in [5.41, 5.74) is -0.769. The summed E-state index contributed by atoms with van der Waals surface area (Å²) in [7, 11) is 0. The molecule has 3 nitrogen and oxygen atoms in total. The fraction of sp³-hybridized carbons (Fsp3) is 0.407. The van der Waals surface area contributed by atoms with Crippen LogP contribution in [0.5, 0.6) is 0 Å². The lowest BCUT2D eigenvalue weighted by atomic mass is 9.75. The van der Waals surface area contributed by atoms with E-state index in [0.717, 1.165) is 50.2 Å². The molecule has 1 aromatic heterocycles. The Morgan fingerprint density at radius 2 is 1.81 bits per heavy atom. The summed E-state index contributed by atoms with van der Waals surface area (Å²) in [5, 5.41) is 0.877. The Kier molecular flexibility index (Phi) is 8.10. The lowest BCUT2D eigenvalue weighted by molar-refractivity contribution is -0.140. The first kappa shape index (κ1) is 26.7. The minimum Gasteiger partial charge on any atom is -0.324 e. The second kappa shape index (κ2) is 10.9. The Bertz CT molecular complexity index is 1230. The quantitative estimate of drug-likeness (QED) is 0.221. The first-order valence-corrected chi connectivity index (χ1v) is 12.8. The normalized spacial score (nSPS) is 16.6. The maximum absolute atomic E-state index is 13.8. The molecule has 1 heterocycles. The summed E-state index contributed by atoms with van der Waals surface area (Å²) >= 11 is 12.5. The van der Waals surface area contributed by atoms with Gasteiger partial charge in [0.25, 0.3) is 0 Å². The van der Waals surface area contributed by atoms with Gasteiger partial charge in [0.2, 0.25) is 5.78 Å². The second-order valence-electron chi connectivity index (χ2n) is 9.26. The molecule has 1 aliphatic rings. The van der Waals surface area contributed by atoms with E-state index in [1.54, 1.807) is 16.8 Å². The molecule has 2 atom stereocenters. The summed E-state index contributed by atoms with van der Waals surface area (Å²) in [6.45, 7) is 2.05. The summed E-state index contributed by atoms with van der Waals surface area (Å²) in [6, 6.07) is 7.63. The SMILES string of the molecule is CCC(c1ccc(Cl)c(Cl)c1)C(C1CCCCC1)n1ccnc1C(=O)c1ccc(F)c(C(F)(F)F)c1. The van der Waals surface area contributed by atoms with Gasteiger partial charge in [-0.25, -0.2) is 9.37 Å². The number of ketones is 1. The molecule has 0 N–H and O–H groups in total. The maximum atomic E-state index is 13.8. The summed E-state index contributed by atoms with van der Waals surface area (Å²) < 4.78 is 55.5. The van der Waals surface area contributed by atoms with Gasteiger partial charge in [-0.15, -0.1) is 0 Å². The zero-order valence-corrected chi connectivity index (χ0v) is 21.2. The number of alkyl halides is 3. The first-order valence-electron chi connectivity index (χ1n) is 12.0. The molecule has 0 bridgehead atoms. The molecule has 192 valence electrons. The molecule has 0 amide bonds. The number of aromatic nitrogens is 2. The van der Waals surface area contributed by atoms with Crippen molar-refractivity contribution in [3.8, 4) is 0 Å². The van der Waals surface area contributed by atoms with Crippen molar-refractivity contribution in [3.63, 3.8) is 0 Å². The van der Waals surface area contributed by atoms with Crippen LogP contribution in [-0.2, 0) is 6.18 Å². The van der Waals surface area contributed by atoms with E-state index in [9.17, 15) is 22.4 Å². The van der Waals surface area contributed by atoms with Crippen molar-refractivity contribution in [1.82, 2.24) is 9.55 Å². The van der Waals surface area contributed by atoms with E-state index < -0.39 is 23.3 Å². The number of benzene rings is 2. The van der Waals surface area contributed by atoms with E-state index >= 15 is 0 Å². The van der Waals surface area contributed by atoms with Crippen LogP contribution in [-0.4, -0.2) is 15.3 Å². The van der Waals surface area contributed by atoms with Crippen molar-refractivity contribution in [3.05, 3.63) is 87.2 Å². The van der Waals surface area contributed by atoms with E-state index in [-0.39, 0.29) is 29.3 Å². The van der Waals surface area contributed by atoms with Crippen molar-refractivity contribution in [1.29, 1.82) is 0 Å². The first-order chi connectivity index (χ1) is 17.1. The average Bonchev–Trinajstić information content (AvgIpc) is 3.33. The Balaban J connectivity index is 1.79. The lowest BCUT2D eigenvalue weighted by Gasteiger charge is -2.37. The predicted octanol–water partition coefficient (Wildman–Crippen LogP) is 8.89. The average molecular weight is 541 g/mol. The number of imidazole rings is 1. The van der Waals surface area contributed by atoms with E-state index in [1.165, 1.54) is 6.20 Å². The Morgan fingerprint density at radius 1 is 1.08 bits per heavy atom. The molecule has 0 spiro atoms. The van der Waals surface area contributed by atoms with Gasteiger partial charge in [-0.3, -0.25) is 4.79 Å². The molecule has 4 rings (SSSR count). The van der Waals surface area contributed by atoms with Gasteiger partial charge in [0, 0.05) is 29.9 Å². The van der Waals surface area contributed by atoms with E-state index in [2.05, 4.69) is 11.9 Å². The lowest BCUT2D eigenvalue weighted by Crippen LogP contribution is -2.29. The molecule has 2 unspecified atom stereocenters. The van der Waals surface area contributed by atoms with Crippen LogP contribution in [0.1, 0.15) is 84.7 Å². The number of rotatable bonds is 7. The summed E-state index contributed by atoms with van der Waals surface area (Å²) in [4.78, 5) is 17.7. The Hall–Kier alpha value is -2.38. The van der Waals surface area contributed by atoms with Crippen LogP contribution in [0.4, 0.5) is 17.6 Å². The van der Waals surface area contributed by atoms with Crippen molar-refractivity contribution in [2.24, 2.45) is 5.92 Å². The van der Waals surface area contributed by atoms with Crippen LogP contribution in [0.2, 0.25) is 10.0 Å². The van der Waals surface area contributed by atoms with Gasteiger partial charge < -0.3 is 4.57 Å². The third kappa shape index (κ3) is 5.47. The molecule has 9 heteroatoms. The minimum atomic E-state index is -4.92. The van der Waals surface area contributed by atoms with E-state index in [4.69, 9.17) is 23.2 Å². The smallest absolute Gasteiger partial charge is 0.324 e. The molecular formula is C27H26Cl2F4N2O. The van der Waals surface area contributed by atoms with Gasteiger partial charge >= 0.3 is 6.18 Å². The summed E-state index contributed by atoms with van der Waals surface area (Å²) in [5.74, 6) is -1.88. The fourth-order valence-electron chi connectivity index (χ4n) is 5.38. The highest BCUT2D eigenvalue weighted by atomic mass is 35.5. The highest BCUT2D eigenvalue weighted by Crippen LogP contribution is 2.45. The standard InChI is InChI=1S/C27H26Cl2F4N2O/c1-2-19(17-8-10-21(28)22(29)15-17)24(16-6-4-3-5-7-16)35-13-12-34-26(35)25(36)18-9-11-23(30)20(14-18)27(31,32)33/h8-16,19,24H,2-7H2,1H3. The monoisotopic (exact) mass is 540 g/mol. The predicted molar refractivity (Wildman–Crippen MR) is 132 cm³/mol. The molecule has 0 aliphatic heterocycles. The van der Waals surface area contributed by atoms with Crippen molar-refractivity contribution >= 4 is 29.0 Å². The number of carbonyl (C=O) groups is 1. The van der Waals surface area contributed by atoms with Gasteiger partial charge in [0.05, 0.1) is 15.6 Å². The maximum Gasteiger partial charge on any atom is 0.419 e. The number of halogens is 6. The number of hydrogen-bond acceptors (Lipinski definition) is 2. The molecule has 1 aliphatic carbocycles. The topological polar surface area (TPSA) is 34.9 Å².